The largest absolute Gasteiger partial charge is 0.344 e. The smallest absolute Gasteiger partial charge is 0.279 e. The monoisotopic (exact) mass is 296 g/mol. The minimum Gasteiger partial charge on any atom is -0.344 e. The van der Waals surface area contributed by atoms with E-state index in [1.54, 1.807) is 0 Å². The van der Waals surface area contributed by atoms with Crippen LogP contribution in [0.5, 0.6) is 0 Å². The van der Waals surface area contributed by atoms with Crippen molar-refractivity contribution in [2.45, 2.75) is 0 Å². The molecule has 104 valence electrons. The molecule has 0 radical (unpaired) electrons. The lowest BCUT2D eigenvalue weighted by Gasteiger charge is -2.06. The van der Waals surface area contributed by atoms with Gasteiger partial charge in [-0.1, -0.05) is 40.9 Å². The van der Waals surface area contributed by atoms with Crippen molar-refractivity contribution in [1.29, 1.82) is 0 Å². The Morgan fingerprint density at radius 2 is 1.52 bits per heavy atom. The van der Waals surface area contributed by atoms with Crippen LogP contribution in [0.3, 0.4) is 0 Å². The molecule has 2 aromatic carbocycles. The fourth-order valence-corrected chi connectivity index (χ4v) is 2.37. The molecule has 0 spiro atoms. The minimum absolute atomic E-state index is 0.284. The molecule has 5 nitrogen and oxygen atoms in total. The van der Waals surface area contributed by atoms with Crippen molar-refractivity contribution in [1.82, 2.24) is 9.59 Å². The van der Waals surface area contributed by atoms with Crippen LogP contribution in [0.2, 0.25) is 0 Å². The fraction of sp³-hybridized carbons (Fsp3) is 0. The van der Waals surface area contributed by atoms with Crippen LogP contribution < -0.4 is 10.6 Å². The van der Waals surface area contributed by atoms with Crippen LogP contribution in [0.1, 0.15) is 10.5 Å². The fourth-order valence-electron chi connectivity index (χ4n) is 1.79. The number of nitrogens with one attached hydrogen (secondary N) is 2. The third-order valence-electron chi connectivity index (χ3n) is 2.77. The number of carbonyl (C=O) groups is 1. The Labute approximate surface area is 125 Å². The Morgan fingerprint density at radius 1 is 0.905 bits per heavy atom. The second-order valence-electron chi connectivity index (χ2n) is 4.26. The Hall–Kier alpha value is -2.73. The Kier molecular flexibility index (Phi) is 3.88. The van der Waals surface area contributed by atoms with Gasteiger partial charge < -0.3 is 10.6 Å². The van der Waals surface area contributed by atoms with E-state index in [0.717, 1.165) is 22.9 Å². The summed E-state index contributed by atoms with van der Waals surface area (Å²) >= 11 is 1.15. The third-order valence-corrected chi connectivity index (χ3v) is 3.41. The summed E-state index contributed by atoms with van der Waals surface area (Å²) in [5.74, 6) is -0.284. The average molecular weight is 296 g/mol. The number of benzene rings is 2. The van der Waals surface area contributed by atoms with Crippen LogP contribution in [0.15, 0.2) is 60.7 Å². The molecular weight excluding hydrogens is 284 g/mol. The van der Waals surface area contributed by atoms with E-state index in [-0.39, 0.29) is 11.6 Å². The number of hydrogen-bond donors (Lipinski definition) is 2. The highest BCUT2D eigenvalue weighted by Crippen LogP contribution is 2.23. The first-order valence-corrected chi connectivity index (χ1v) is 7.11. The van der Waals surface area contributed by atoms with Gasteiger partial charge in [-0.15, -0.1) is 5.10 Å². The van der Waals surface area contributed by atoms with Crippen LogP contribution in [-0.2, 0) is 0 Å². The summed E-state index contributed by atoms with van der Waals surface area (Å²) in [7, 11) is 0. The van der Waals surface area contributed by atoms with Crippen molar-refractivity contribution in [2.75, 3.05) is 10.6 Å². The zero-order valence-electron chi connectivity index (χ0n) is 11.0. The highest BCUT2D eigenvalue weighted by molar-refractivity contribution is 7.10. The Balaban J connectivity index is 1.77. The van der Waals surface area contributed by atoms with E-state index in [1.165, 1.54) is 0 Å². The molecule has 0 aliphatic carbocycles. The van der Waals surface area contributed by atoms with Gasteiger partial charge in [0.2, 0.25) is 0 Å². The van der Waals surface area contributed by atoms with Crippen molar-refractivity contribution in [3.05, 3.63) is 66.4 Å². The van der Waals surface area contributed by atoms with Crippen LogP contribution in [0.25, 0.3) is 0 Å². The lowest BCUT2D eigenvalue weighted by atomic mass is 10.3. The summed E-state index contributed by atoms with van der Waals surface area (Å²) in [5, 5.41) is 10.5. The van der Waals surface area contributed by atoms with E-state index < -0.39 is 0 Å². The maximum atomic E-state index is 12.2. The number of hydrogen-bond acceptors (Lipinski definition) is 5. The van der Waals surface area contributed by atoms with Gasteiger partial charge in [0.1, 0.15) is 5.00 Å². The van der Waals surface area contributed by atoms with Gasteiger partial charge in [0.05, 0.1) is 0 Å². The number of carbonyl (C=O) groups excluding carboxylic acids is 1. The molecule has 0 saturated heterocycles. The van der Waals surface area contributed by atoms with Crippen LogP contribution >= 0.6 is 11.5 Å². The number of amides is 1. The standard InChI is InChI=1S/C15H12N4OS/c20-14(16-11-7-3-1-4-8-11)13-15(21-19-18-13)17-12-9-5-2-6-10-12/h1-10,17H,(H,16,20). The van der Waals surface area contributed by atoms with E-state index in [9.17, 15) is 4.79 Å². The van der Waals surface area contributed by atoms with Crippen LogP contribution in [0.4, 0.5) is 16.4 Å². The maximum absolute atomic E-state index is 12.2. The van der Waals surface area contributed by atoms with Gasteiger partial charge >= 0.3 is 0 Å². The predicted octanol–water partition coefficient (Wildman–Crippen LogP) is 3.53. The normalized spacial score (nSPS) is 10.1. The molecular formula is C15H12N4OS. The predicted molar refractivity (Wildman–Crippen MR) is 84.0 cm³/mol. The Morgan fingerprint density at radius 3 is 2.19 bits per heavy atom. The van der Waals surface area contributed by atoms with Crippen molar-refractivity contribution in [3.63, 3.8) is 0 Å². The van der Waals surface area contributed by atoms with Crippen molar-refractivity contribution >= 4 is 33.8 Å². The second-order valence-corrected chi connectivity index (χ2v) is 5.02. The quantitative estimate of drug-likeness (QED) is 0.773. The first-order chi connectivity index (χ1) is 10.3. The van der Waals surface area contributed by atoms with Gasteiger partial charge in [-0.05, 0) is 24.3 Å². The molecule has 0 aliphatic heterocycles. The van der Waals surface area contributed by atoms with Crippen molar-refractivity contribution in [2.24, 2.45) is 0 Å². The van der Waals surface area contributed by atoms with E-state index in [1.807, 2.05) is 60.7 Å². The SMILES string of the molecule is O=C(Nc1ccccc1)c1nnsc1Nc1ccccc1. The molecule has 0 atom stereocenters. The summed E-state index contributed by atoms with van der Waals surface area (Å²) < 4.78 is 3.85. The number of nitrogens with zero attached hydrogens (tertiary/aromatic N) is 2. The van der Waals surface area contributed by atoms with E-state index in [0.29, 0.717) is 5.00 Å². The van der Waals surface area contributed by atoms with Gasteiger partial charge in [-0.3, -0.25) is 4.79 Å². The van der Waals surface area contributed by atoms with Gasteiger partial charge in [0, 0.05) is 22.9 Å². The highest BCUT2D eigenvalue weighted by atomic mass is 32.1. The Bertz CT molecular complexity index is 728. The molecule has 0 fully saturated rings. The van der Waals surface area contributed by atoms with Crippen molar-refractivity contribution in [3.8, 4) is 0 Å². The molecule has 2 N–H and O–H groups in total. The van der Waals surface area contributed by atoms with Gasteiger partial charge in [0.15, 0.2) is 5.69 Å². The van der Waals surface area contributed by atoms with Gasteiger partial charge in [-0.25, -0.2) is 0 Å². The summed E-state index contributed by atoms with van der Waals surface area (Å²) in [6, 6.07) is 18.8. The highest BCUT2D eigenvalue weighted by Gasteiger charge is 2.16. The van der Waals surface area contributed by atoms with E-state index >= 15 is 0 Å². The molecule has 1 amide bonds. The molecule has 0 bridgehead atoms. The van der Waals surface area contributed by atoms with Gasteiger partial charge in [-0.2, -0.15) is 0 Å². The molecule has 21 heavy (non-hydrogen) atoms. The molecule has 1 heterocycles. The number of para-hydroxylation sites is 2. The lowest BCUT2D eigenvalue weighted by Crippen LogP contribution is -2.13. The zero-order valence-corrected chi connectivity index (χ0v) is 11.8. The second kappa shape index (κ2) is 6.15. The first-order valence-electron chi connectivity index (χ1n) is 6.34. The lowest BCUT2D eigenvalue weighted by molar-refractivity contribution is 0.102. The van der Waals surface area contributed by atoms with E-state index in [4.69, 9.17) is 0 Å². The van der Waals surface area contributed by atoms with Crippen LogP contribution in [0, 0.1) is 0 Å². The zero-order chi connectivity index (χ0) is 14.5. The average Bonchev–Trinajstić information content (AvgIpc) is 2.97. The maximum Gasteiger partial charge on any atom is 0.279 e. The molecule has 3 rings (SSSR count). The van der Waals surface area contributed by atoms with Crippen molar-refractivity contribution < 1.29 is 4.79 Å². The molecule has 0 unspecified atom stereocenters. The molecule has 6 heteroatoms. The summed E-state index contributed by atoms with van der Waals surface area (Å²) in [6.07, 6.45) is 0. The molecule has 1 aromatic heterocycles. The molecule has 0 saturated carbocycles. The first kappa shape index (κ1) is 13.3. The van der Waals surface area contributed by atoms with Crippen LogP contribution in [-0.4, -0.2) is 15.5 Å². The summed E-state index contributed by atoms with van der Waals surface area (Å²) in [6.45, 7) is 0. The van der Waals surface area contributed by atoms with E-state index in [2.05, 4.69) is 20.2 Å². The molecule has 3 aromatic rings. The topological polar surface area (TPSA) is 66.9 Å². The molecule has 0 aliphatic rings. The third kappa shape index (κ3) is 3.24. The summed E-state index contributed by atoms with van der Waals surface area (Å²) in [4.78, 5) is 12.2. The number of rotatable bonds is 4. The summed E-state index contributed by atoms with van der Waals surface area (Å²) in [5.41, 5.74) is 1.89. The minimum atomic E-state index is -0.284. The van der Waals surface area contributed by atoms with Gasteiger partial charge in [0.25, 0.3) is 5.91 Å². The number of anilines is 3. The number of aromatic nitrogens is 2.